The lowest BCUT2D eigenvalue weighted by Crippen LogP contribution is -1.94. The third kappa shape index (κ3) is 1.43. The Morgan fingerprint density at radius 2 is 2.29 bits per heavy atom. The first-order valence-corrected chi connectivity index (χ1v) is 4.10. The van der Waals surface area contributed by atoms with Gasteiger partial charge in [0, 0.05) is 0 Å². The van der Waals surface area contributed by atoms with Crippen molar-refractivity contribution < 1.29 is 0 Å². The largest absolute Gasteiger partial charge is 0.396 e. The minimum Gasteiger partial charge on any atom is -0.396 e. The SMILES string of the molecule is N#Cc1cccc(-n2cc(N)cn2)c1. The number of nitrogens with zero attached hydrogens (tertiary/aromatic N) is 3. The molecule has 2 N–H and O–H groups in total. The van der Waals surface area contributed by atoms with Gasteiger partial charge in [-0.25, -0.2) is 4.68 Å². The smallest absolute Gasteiger partial charge is 0.0992 e. The van der Waals surface area contributed by atoms with Crippen LogP contribution in [-0.4, -0.2) is 9.78 Å². The summed E-state index contributed by atoms with van der Waals surface area (Å²) in [5.41, 5.74) is 7.58. The monoisotopic (exact) mass is 184 g/mol. The van der Waals surface area contributed by atoms with Gasteiger partial charge < -0.3 is 5.73 Å². The lowest BCUT2D eigenvalue weighted by molar-refractivity contribution is 0.880. The molecule has 0 bridgehead atoms. The Morgan fingerprint density at radius 1 is 1.43 bits per heavy atom. The predicted octanol–water partition coefficient (Wildman–Crippen LogP) is 1.33. The maximum Gasteiger partial charge on any atom is 0.0992 e. The minimum absolute atomic E-state index is 0.604. The maximum atomic E-state index is 8.71. The van der Waals surface area contributed by atoms with E-state index >= 15 is 0 Å². The van der Waals surface area contributed by atoms with Crippen LogP contribution in [0.1, 0.15) is 5.56 Å². The summed E-state index contributed by atoms with van der Waals surface area (Å²) in [4.78, 5) is 0. The van der Waals surface area contributed by atoms with Crippen molar-refractivity contribution >= 4 is 5.69 Å². The van der Waals surface area contributed by atoms with Crippen molar-refractivity contribution in [3.8, 4) is 11.8 Å². The van der Waals surface area contributed by atoms with E-state index in [2.05, 4.69) is 11.2 Å². The fraction of sp³-hybridized carbons (Fsp3) is 0. The van der Waals surface area contributed by atoms with E-state index in [9.17, 15) is 0 Å². The van der Waals surface area contributed by atoms with Crippen LogP contribution in [0.5, 0.6) is 0 Å². The lowest BCUT2D eigenvalue weighted by Gasteiger charge is -1.99. The van der Waals surface area contributed by atoms with Gasteiger partial charge >= 0.3 is 0 Å². The topological polar surface area (TPSA) is 67.6 Å². The van der Waals surface area contributed by atoms with Crippen LogP contribution in [0.25, 0.3) is 5.69 Å². The maximum absolute atomic E-state index is 8.71. The molecule has 4 nitrogen and oxygen atoms in total. The number of hydrogen-bond donors (Lipinski definition) is 1. The van der Waals surface area contributed by atoms with Gasteiger partial charge in [-0.05, 0) is 18.2 Å². The zero-order valence-corrected chi connectivity index (χ0v) is 7.38. The Hall–Kier alpha value is -2.28. The third-order valence-electron chi connectivity index (χ3n) is 1.84. The van der Waals surface area contributed by atoms with Crippen molar-refractivity contribution in [2.75, 3.05) is 5.73 Å². The second-order valence-electron chi connectivity index (χ2n) is 2.88. The molecule has 4 heteroatoms. The molecular formula is C10H8N4. The van der Waals surface area contributed by atoms with Gasteiger partial charge in [0.2, 0.25) is 0 Å². The number of aromatic nitrogens is 2. The highest BCUT2D eigenvalue weighted by Gasteiger charge is 1.98. The van der Waals surface area contributed by atoms with Crippen LogP contribution >= 0.6 is 0 Å². The highest BCUT2D eigenvalue weighted by molar-refractivity contribution is 5.43. The van der Waals surface area contributed by atoms with Crippen molar-refractivity contribution in [2.24, 2.45) is 0 Å². The summed E-state index contributed by atoms with van der Waals surface area (Å²) in [5, 5.41) is 12.8. The number of hydrogen-bond acceptors (Lipinski definition) is 3. The van der Waals surface area contributed by atoms with Crippen molar-refractivity contribution in [2.45, 2.75) is 0 Å². The first-order chi connectivity index (χ1) is 6.79. The van der Waals surface area contributed by atoms with Crippen molar-refractivity contribution in [3.63, 3.8) is 0 Å². The number of anilines is 1. The summed E-state index contributed by atoms with van der Waals surface area (Å²) in [6, 6.07) is 9.25. The van der Waals surface area contributed by atoms with E-state index < -0.39 is 0 Å². The average Bonchev–Trinajstić information content (AvgIpc) is 2.65. The summed E-state index contributed by atoms with van der Waals surface area (Å²) in [7, 11) is 0. The normalized spacial score (nSPS) is 9.64. The molecule has 14 heavy (non-hydrogen) atoms. The first-order valence-electron chi connectivity index (χ1n) is 4.10. The van der Waals surface area contributed by atoms with Crippen LogP contribution in [0, 0.1) is 11.3 Å². The Balaban J connectivity index is 2.47. The second-order valence-corrected chi connectivity index (χ2v) is 2.88. The molecular weight excluding hydrogens is 176 g/mol. The number of nitriles is 1. The molecule has 0 spiro atoms. The molecule has 0 amide bonds. The summed E-state index contributed by atoms with van der Waals surface area (Å²) in [6.45, 7) is 0. The molecule has 0 saturated heterocycles. The molecule has 0 fully saturated rings. The molecule has 2 rings (SSSR count). The average molecular weight is 184 g/mol. The molecule has 1 aromatic heterocycles. The standard InChI is InChI=1S/C10H8N4/c11-5-8-2-1-3-10(4-8)14-7-9(12)6-13-14/h1-4,6-7H,12H2. The van der Waals surface area contributed by atoms with Gasteiger partial charge in [-0.15, -0.1) is 0 Å². The van der Waals surface area contributed by atoms with E-state index in [1.807, 2.05) is 12.1 Å². The van der Waals surface area contributed by atoms with Gasteiger partial charge in [0.1, 0.15) is 0 Å². The quantitative estimate of drug-likeness (QED) is 0.726. The lowest BCUT2D eigenvalue weighted by atomic mass is 10.2. The van der Waals surface area contributed by atoms with E-state index in [4.69, 9.17) is 11.0 Å². The Bertz CT molecular complexity index is 493. The number of benzene rings is 1. The van der Waals surface area contributed by atoms with Crippen LogP contribution in [0.2, 0.25) is 0 Å². The second kappa shape index (κ2) is 3.23. The van der Waals surface area contributed by atoms with Crippen LogP contribution in [-0.2, 0) is 0 Å². The first kappa shape index (κ1) is 8.32. The van der Waals surface area contributed by atoms with Crippen molar-refractivity contribution in [3.05, 3.63) is 42.2 Å². The fourth-order valence-corrected chi connectivity index (χ4v) is 1.20. The van der Waals surface area contributed by atoms with Crippen molar-refractivity contribution in [1.82, 2.24) is 9.78 Å². The van der Waals surface area contributed by atoms with Crippen LogP contribution in [0.15, 0.2) is 36.7 Å². The molecule has 1 heterocycles. The van der Waals surface area contributed by atoms with E-state index in [1.165, 1.54) is 0 Å². The molecule has 1 aromatic carbocycles. The molecule has 0 unspecified atom stereocenters. The fourth-order valence-electron chi connectivity index (χ4n) is 1.20. The van der Waals surface area contributed by atoms with E-state index in [-0.39, 0.29) is 0 Å². The van der Waals surface area contributed by atoms with Crippen LogP contribution in [0.4, 0.5) is 5.69 Å². The molecule has 2 aromatic rings. The van der Waals surface area contributed by atoms with Gasteiger partial charge in [-0.3, -0.25) is 0 Å². The number of nitrogen functional groups attached to an aromatic ring is 1. The van der Waals surface area contributed by atoms with Crippen molar-refractivity contribution in [1.29, 1.82) is 5.26 Å². The Kier molecular flexibility index (Phi) is 1.92. The summed E-state index contributed by atoms with van der Waals surface area (Å²) in [5.74, 6) is 0. The minimum atomic E-state index is 0.604. The Morgan fingerprint density at radius 3 is 2.93 bits per heavy atom. The van der Waals surface area contributed by atoms with Crippen LogP contribution in [0.3, 0.4) is 0 Å². The van der Waals surface area contributed by atoms with Gasteiger partial charge in [0.25, 0.3) is 0 Å². The molecule has 68 valence electrons. The van der Waals surface area contributed by atoms with Gasteiger partial charge in [0.05, 0.1) is 35.4 Å². The number of rotatable bonds is 1. The van der Waals surface area contributed by atoms with Crippen LogP contribution < -0.4 is 5.73 Å². The summed E-state index contributed by atoms with van der Waals surface area (Å²) in [6.07, 6.45) is 3.27. The molecule has 0 atom stereocenters. The summed E-state index contributed by atoms with van der Waals surface area (Å²) >= 11 is 0. The van der Waals surface area contributed by atoms with Gasteiger partial charge in [-0.2, -0.15) is 10.4 Å². The predicted molar refractivity (Wildman–Crippen MR) is 52.7 cm³/mol. The Labute approximate surface area is 81.2 Å². The van der Waals surface area contributed by atoms with Gasteiger partial charge in [0.15, 0.2) is 0 Å². The highest BCUT2D eigenvalue weighted by Crippen LogP contribution is 2.10. The summed E-state index contributed by atoms with van der Waals surface area (Å²) < 4.78 is 1.64. The molecule has 0 aliphatic carbocycles. The molecule has 0 radical (unpaired) electrons. The van der Waals surface area contributed by atoms with Gasteiger partial charge in [-0.1, -0.05) is 6.07 Å². The molecule has 0 saturated carbocycles. The van der Waals surface area contributed by atoms with E-state index in [0.29, 0.717) is 11.3 Å². The zero-order chi connectivity index (χ0) is 9.97. The molecule has 0 aliphatic rings. The highest BCUT2D eigenvalue weighted by atomic mass is 15.3. The zero-order valence-electron chi connectivity index (χ0n) is 7.38. The molecule has 0 aliphatic heterocycles. The van der Waals surface area contributed by atoms with E-state index in [0.717, 1.165) is 5.69 Å². The third-order valence-corrected chi connectivity index (χ3v) is 1.84. The van der Waals surface area contributed by atoms with E-state index in [1.54, 1.807) is 29.2 Å². The number of nitrogens with two attached hydrogens (primary N) is 1.